The number of carbonyl (C=O) groups is 1. The fourth-order valence-corrected chi connectivity index (χ4v) is 4.03. The molecule has 1 fully saturated rings. The van der Waals surface area contributed by atoms with Crippen LogP contribution in [0.3, 0.4) is 0 Å². The Bertz CT molecular complexity index is 800. The number of carbonyl (C=O) groups excluding carboxylic acids is 1. The van der Waals surface area contributed by atoms with E-state index in [1.54, 1.807) is 0 Å². The highest BCUT2D eigenvalue weighted by Crippen LogP contribution is 2.30. The normalized spacial score (nSPS) is 17.7. The fourth-order valence-electron chi connectivity index (χ4n) is 2.83. The van der Waals surface area contributed by atoms with Crippen LogP contribution in [0.25, 0.3) is 0 Å². The predicted molar refractivity (Wildman–Crippen MR) is 102 cm³/mol. The molecule has 2 aromatic rings. The predicted octanol–water partition coefficient (Wildman–Crippen LogP) is 1.08. The number of piperidine rings is 1. The number of aromatic nitrogens is 4. The van der Waals surface area contributed by atoms with Gasteiger partial charge in [0.25, 0.3) is 5.91 Å². The van der Waals surface area contributed by atoms with Gasteiger partial charge in [-0.3, -0.25) is 4.79 Å². The smallest absolute Gasteiger partial charge is 0.287 e. The van der Waals surface area contributed by atoms with Gasteiger partial charge in [-0.15, -0.1) is 10.2 Å². The highest BCUT2D eigenvalue weighted by Gasteiger charge is 2.29. The molecule has 1 amide bonds. The van der Waals surface area contributed by atoms with Crippen LogP contribution in [-0.2, 0) is 12.0 Å². The first-order valence-electron chi connectivity index (χ1n) is 8.81. The number of anilines is 1. The van der Waals surface area contributed by atoms with Gasteiger partial charge in [0, 0.05) is 19.1 Å². The molecule has 3 rings (SSSR count). The SMILES string of the molecule is CCc1[nH]c(C(=O)NC2CCN(c3nnc([C@](C)(O)CO)s3)CC2)nc1Cl. The summed E-state index contributed by atoms with van der Waals surface area (Å²) in [6, 6.07) is 0.0376. The van der Waals surface area contributed by atoms with E-state index < -0.39 is 12.2 Å². The van der Waals surface area contributed by atoms with Crippen LogP contribution in [0.5, 0.6) is 0 Å². The summed E-state index contributed by atoms with van der Waals surface area (Å²) < 4.78 is 0. The molecule has 1 aliphatic heterocycles. The highest BCUT2D eigenvalue weighted by molar-refractivity contribution is 7.15. The van der Waals surface area contributed by atoms with Crippen molar-refractivity contribution >= 4 is 34.0 Å². The van der Waals surface area contributed by atoms with Gasteiger partial charge in [-0.2, -0.15) is 0 Å². The number of aliphatic hydroxyl groups is 2. The quantitative estimate of drug-likeness (QED) is 0.556. The molecule has 148 valence electrons. The minimum Gasteiger partial charge on any atom is -0.393 e. The number of halogens is 1. The van der Waals surface area contributed by atoms with Gasteiger partial charge in [-0.1, -0.05) is 29.9 Å². The average Bonchev–Trinajstić information content (AvgIpc) is 3.29. The maximum absolute atomic E-state index is 12.3. The number of rotatable bonds is 6. The molecule has 0 spiro atoms. The molecular weight excluding hydrogens is 392 g/mol. The molecule has 1 saturated heterocycles. The fraction of sp³-hybridized carbons (Fsp3) is 0.625. The van der Waals surface area contributed by atoms with Crippen molar-refractivity contribution in [1.29, 1.82) is 0 Å². The van der Waals surface area contributed by atoms with Gasteiger partial charge >= 0.3 is 0 Å². The van der Waals surface area contributed by atoms with E-state index >= 15 is 0 Å². The van der Waals surface area contributed by atoms with E-state index in [0.29, 0.717) is 34.8 Å². The van der Waals surface area contributed by atoms with E-state index in [4.69, 9.17) is 11.6 Å². The molecule has 0 saturated carbocycles. The first-order valence-corrected chi connectivity index (χ1v) is 10.0. The van der Waals surface area contributed by atoms with Gasteiger partial charge in [-0.25, -0.2) is 4.98 Å². The van der Waals surface area contributed by atoms with Crippen LogP contribution in [0.1, 0.15) is 48.0 Å². The Labute approximate surface area is 165 Å². The summed E-state index contributed by atoms with van der Waals surface area (Å²) in [6.45, 7) is 4.45. The van der Waals surface area contributed by atoms with E-state index in [2.05, 4.69) is 30.4 Å². The summed E-state index contributed by atoms with van der Waals surface area (Å²) in [4.78, 5) is 21.4. The van der Waals surface area contributed by atoms with Crippen molar-refractivity contribution in [3.8, 4) is 0 Å². The molecule has 1 atom stereocenters. The number of H-pyrrole nitrogens is 1. The Morgan fingerprint density at radius 3 is 2.74 bits per heavy atom. The summed E-state index contributed by atoms with van der Waals surface area (Å²) in [5.74, 6) is -0.0217. The Morgan fingerprint density at radius 2 is 2.15 bits per heavy atom. The molecule has 1 aliphatic rings. The molecule has 11 heteroatoms. The Balaban J connectivity index is 1.55. The summed E-state index contributed by atoms with van der Waals surface area (Å²) in [7, 11) is 0. The van der Waals surface area contributed by atoms with Gasteiger partial charge < -0.3 is 25.4 Å². The number of aromatic amines is 1. The zero-order chi connectivity index (χ0) is 19.6. The molecule has 0 bridgehead atoms. The second kappa shape index (κ2) is 8.09. The van der Waals surface area contributed by atoms with E-state index in [1.165, 1.54) is 18.3 Å². The van der Waals surface area contributed by atoms with Crippen molar-refractivity contribution < 1.29 is 15.0 Å². The van der Waals surface area contributed by atoms with Crippen LogP contribution < -0.4 is 10.2 Å². The lowest BCUT2D eigenvalue weighted by Crippen LogP contribution is -2.45. The van der Waals surface area contributed by atoms with Crippen LogP contribution in [0.2, 0.25) is 5.15 Å². The van der Waals surface area contributed by atoms with Crippen LogP contribution in [-0.4, -0.2) is 62.0 Å². The lowest BCUT2D eigenvalue weighted by atomic mass is 10.1. The number of aliphatic hydroxyl groups excluding tert-OH is 1. The summed E-state index contributed by atoms with van der Waals surface area (Å²) in [5, 5.41) is 31.8. The lowest BCUT2D eigenvalue weighted by Gasteiger charge is -2.31. The number of hydrogen-bond donors (Lipinski definition) is 4. The maximum Gasteiger partial charge on any atom is 0.287 e. The van der Waals surface area contributed by atoms with Crippen LogP contribution >= 0.6 is 22.9 Å². The Hall–Kier alpha value is -1.75. The molecule has 0 aromatic carbocycles. The third-order valence-electron chi connectivity index (χ3n) is 4.58. The average molecular weight is 415 g/mol. The first-order chi connectivity index (χ1) is 12.8. The zero-order valence-electron chi connectivity index (χ0n) is 15.2. The van der Waals surface area contributed by atoms with E-state index in [9.17, 15) is 15.0 Å². The topological polar surface area (TPSA) is 127 Å². The van der Waals surface area contributed by atoms with Crippen molar-refractivity contribution in [2.75, 3.05) is 24.6 Å². The van der Waals surface area contributed by atoms with Gasteiger partial charge in [0.1, 0.15) is 5.60 Å². The van der Waals surface area contributed by atoms with E-state index in [1.807, 2.05) is 6.92 Å². The van der Waals surface area contributed by atoms with E-state index in [-0.39, 0.29) is 17.8 Å². The van der Waals surface area contributed by atoms with Gasteiger partial charge in [0.05, 0.1) is 12.3 Å². The molecule has 2 aromatic heterocycles. The summed E-state index contributed by atoms with van der Waals surface area (Å²) in [5.41, 5.74) is -0.633. The molecular formula is C16H23ClN6O3S. The number of aryl methyl sites for hydroxylation is 1. The summed E-state index contributed by atoms with van der Waals surface area (Å²) in [6.07, 6.45) is 2.20. The number of amides is 1. The molecule has 0 aliphatic carbocycles. The third-order valence-corrected chi connectivity index (χ3v) is 6.13. The van der Waals surface area contributed by atoms with Crippen LogP contribution in [0.4, 0.5) is 5.13 Å². The minimum atomic E-state index is -1.39. The Kier molecular flexibility index (Phi) is 5.99. The van der Waals surface area contributed by atoms with Gasteiger partial charge in [0.2, 0.25) is 5.13 Å². The van der Waals surface area contributed by atoms with Crippen molar-refractivity contribution in [2.24, 2.45) is 0 Å². The molecule has 3 heterocycles. The van der Waals surface area contributed by atoms with Crippen molar-refractivity contribution in [2.45, 2.75) is 44.8 Å². The van der Waals surface area contributed by atoms with Crippen molar-refractivity contribution in [1.82, 2.24) is 25.5 Å². The second-order valence-electron chi connectivity index (χ2n) is 6.76. The number of imidazole rings is 1. The monoisotopic (exact) mass is 414 g/mol. The van der Waals surface area contributed by atoms with Crippen molar-refractivity contribution in [3.63, 3.8) is 0 Å². The number of nitrogens with zero attached hydrogens (tertiary/aromatic N) is 4. The van der Waals surface area contributed by atoms with Crippen LogP contribution in [0.15, 0.2) is 0 Å². The number of hydrogen-bond acceptors (Lipinski definition) is 8. The van der Waals surface area contributed by atoms with Gasteiger partial charge in [0.15, 0.2) is 16.0 Å². The van der Waals surface area contributed by atoms with Crippen molar-refractivity contribution in [3.05, 3.63) is 21.7 Å². The largest absolute Gasteiger partial charge is 0.393 e. The molecule has 4 N–H and O–H groups in total. The Morgan fingerprint density at radius 1 is 1.44 bits per heavy atom. The zero-order valence-corrected chi connectivity index (χ0v) is 16.8. The molecule has 9 nitrogen and oxygen atoms in total. The number of nitrogens with one attached hydrogen (secondary N) is 2. The second-order valence-corrected chi connectivity index (χ2v) is 8.08. The van der Waals surface area contributed by atoms with Crippen LogP contribution in [0, 0.1) is 0 Å². The molecule has 27 heavy (non-hydrogen) atoms. The lowest BCUT2D eigenvalue weighted by molar-refractivity contribution is -0.00294. The minimum absolute atomic E-state index is 0.0376. The first kappa shape index (κ1) is 20.0. The van der Waals surface area contributed by atoms with Gasteiger partial charge in [-0.05, 0) is 26.2 Å². The molecule has 0 radical (unpaired) electrons. The van der Waals surface area contributed by atoms with E-state index in [0.717, 1.165) is 18.5 Å². The summed E-state index contributed by atoms with van der Waals surface area (Å²) >= 11 is 7.26. The standard InChI is InChI=1S/C16H23ClN6O3S/c1-3-10-11(17)20-12(19-10)13(25)18-9-4-6-23(7-5-9)15-22-21-14(27-15)16(2,26)8-24/h9,24,26H,3-8H2,1-2H3,(H,18,25)(H,19,20)/t16-/m1/s1. The maximum atomic E-state index is 12.3. The highest BCUT2D eigenvalue weighted by atomic mass is 35.5. The molecule has 0 unspecified atom stereocenters. The third kappa shape index (κ3) is 4.40.